The molecule has 0 spiro atoms. The quantitative estimate of drug-likeness (QED) is 0.916. The van der Waals surface area contributed by atoms with E-state index in [1.807, 2.05) is 25.3 Å². The lowest BCUT2D eigenvalue weighted by atomic mass is 9.88. The predicted octanol–water partition coefficient (Wildman–Crippen LogP) is 2.45. The molecule has 0 saturated carbocycles. The molecule has 1 unspecified atom stereocenters. The highest BCUT2D eigenvalue weighted by molar-refractivity contribution is 5.52. The molecular formula is C16H25N3O. The molecule has 4 heteroatoms. The number of nitrogens with one attached hydrogen (secondary N) is 1. The summed E-state index contributed by atoms with van der Waals surface area (Å²) in [6, 6.07) is 4.73. The molecule has 1 atom stereocenters. The molecule has 0 amide bonds. The van der Waals surface area contributed by atoms with Crippen LogP contribution in [0.1, 0.15) is 32.6 Å². The van der Waals surface area contributed by atoms with Crippen molar-refractivity contribution in [2.45, 2.75) is 38.6 Å². The van der Waals surface area contributed by atoms with E-state index in [1.165, 1.54) is 32.2 Å². The van der Waals surface area contributed by atoms with Crippen molar-refractivity contribution in [3.05, 3.63) is 18.3 Å². The molecule has 3 rings (SSSR count). The van der Waals surface area contributed by atoms with Crippen LogP contribution in [0.15, 0.2) is 18.3 Å². The van der Waals surface area contributed by atoms with Gasteiger partial charge in [-0.15, -0.1) is 0 Å². The lowest BCUT2D eigenvalue weighted by Crippen LogP contribution is -2.41. The van der Waals surface area contributed by atoms with E-state index in [0.29, 0.717) is 6.61 Å². The van der Waals surface area contributed by atoms with E-state index in [0.717, 1.165) is 36.6 Å². The number of anilines is 1. The molecule has 0 aliphatic carbocycles. The molecule has 0 radical (unpaired) electrons. The van der Waals surface area contributed by atoms with E-state index in [1.54, 1.807) is 0 Å². The highest BCUT2D eigenvalue weighted by Gasteiger charge is 2.29. The van der Waals surface area contributed by atoms with E-state index in [-0.39, 0.29) is 0 Å². The number of hydrogen-bond donors (Lipinski definition) is 1. The van der Waals surface area contributed by atoms with Crippen molar-refractivity contribution in [3.63, 3.8) is 0 Å². The van der Waals surface area contributed by atoms with Crippen molar-refractivity contribution in [2.75, 3.05) is 31.1 Å². The van der Waals surface area contributed by atoms with Crippen LogP contribution >= 0.6 is 0 Å². The van der Waals surface area contributed by atoms with Crippen LogP contribution in [0.4, 0.5) is 5.82 Å². The molecule has 2 aliphatic rings. The molecule has 1 aromatic rings. The van der Waals surface area contributed by atoms with Gasteiger partial charge in [-0.3, -0.25) is 0 Å². The van der Waals surface area contributed by atoms with Gasteiger partial charge in [0.15, 0.2) is 11.6 Å². The Balaban J connectivity index is 1.62. The largest absolute Gasteiger partial charge is 0.490 e. The van der Waals surface area contributed by atoms with Crippen LogP contribution in [0.25, 0.3) is 0 Å². The van der Waals surface area contributed by atoms with Crippen LogP contribution in [0.3, 0.4) is 0 Å². The Bertz CT molecular complexity index is 423. The predicted molar refractivity (Wildman–Crippen MR) is 81.4 cm³/mol. The Labute approximate surface area is 121 Å². The topological polar surface area (TPSA) is 37.4 Å². The summed E-state index contributed by atoms with van der Waals surface area (Å²) < 4.78 is 5.70. The van der Waals surface area contributed by atoms with Gasteiger partial charge in [-0.05, 0) is 57.2 Å². The molecule has 20 heavy (non-hydrogen) atoms. The molecule has 4 nitrogen and oxygen atoms in total. The Morgan fingerprint density at radius 1 is 1.35 bits per heavy atom. The van der Waals surface area contributed by atoms with Crippen LogP contribution < -0.4 is 15.0 Å². The van der Waals surface area contributed by atoms with Gasteiger partial charge in [0.2, 0.25) is 0 Å². The summed E-state index contributed by atoms with van der Waals surface area (Å²) in [6.45, 7) is 6.12. The minimum atomic E-state index is 0.696. The third kappa shape index (κ3) is 2.90. The van der Waals surface area contributed by atoms with Gasteiger partial charge in [0.25, 0.3) is 0 Å². The van der Waals surface area contributed by atoms with Gasteiger partial charge in [0, 0.05) is 25.3 Å². The number of hydrogen-bond acceptors (Lipinski definition) is 4. The zero-order valence-electron chi connectivity index (χ0n) is 12.3. The maximum atomic E-state index is 5.70. The summed E-state index contributed by atoms with van der Waals surface area (Å²) in [6.07, 6.45) is 7.10. The lowest BCUT2D eigenvalue weighted by molar-refractivity contribution is 0.312. The zero-order valence-corrected chi connectivity index (χ0v) is 12.3. The van der Waals surface area contributed by atoms with Crippen molar-refractivity contribution in [1.29, 1.82) is 0 Å². The monoisotopic (exact) mass is 275 g/mol. The van der Waals surface area contributed by atoms with Crippen LogP contribution in [-0.4, -0.2) is 37.3 Å². The van der Waals surface area contributed by atoms with Crippen molar-refractivity contribution in [2.24, 2.45) is 5.92 Å². The highest BCUT2D eigenvalue weighted by Crippen LogP contribution is 2.31. The molecule has 0 bridgehead atoms. The van der Waals surface area contributed by atoms with Crippen molar-refractivity contribution >= 4 is 5.82 Å². The number of rotatable bonds is 4. The van der Waals surface area contributed by atoms with Crippen LogP contribution in [0.2, 0.25) is 0 Å². The molecule has 2 saturated heterocycles. The average molecular weight is 275 g/mol. The van der Waals surface area contributed by atoms with Crippen LogP contribution in [0.5, 0.6) is 5.75 Å². The van der Waals surface area contributed by atoms with Gasteiger partial charge < -0.3 is 15.0 Å². The minimum absolute atomic E-state index is 0.696. The van der Waals surface area contributed by atoms with E-state index >= 15 is 0 Å². The Morgan fingerprint density at radius 3 is 2.90 bits per heavy atom. The van der Waals surface area contributed by atoms with Gasteiger partial charge in [-0.25, -0.2) is 4.98 Å². The molecule has 3 heterocycles. The van der Waals surface area contributed by atoms with Crippen LogP contribution in [-0.2, 0) is 0 Å². The first-order chi connectivity index (χ1) is 9.88. The van der Waals surface area contributed by atoms with Crippen molar-refractivity contribution in [1.82, 2.24) is 10.3 Å². The maximum absolute atomic E-state index is 5.70. The Kier molecular flexibility index (Phi) is 4.41. The molecular weight excluding hydrogens is 250 g/mol. The fourth-order valence-electron chi connectivity index (χ4n) is 3.52. The second kappa shape index (κ2) is 6.44. The van der Waals surface area contributed by atoms with Gasteiger partial charge >= 0.3 is 0 Å². The van der Waals surface area contributed by atoms with Gasteiger partial charge in [0.05, 0.1) is 6.61 Å². The van der Waals surface area contributed by atoms with Gasteiger partial charge in [-0.2, -0.15) is 0 Å². The van der Waals surface area contributed by atoms with Crippen molar-refractivity contribution in [3.8, 4) is 5.75 Å². The Hall–Kier alpha value is -1.29. The third-order valence-corrected chi connectivity index (χ3v) is 4.56. The fraction of sp³-hybridized carbons (Fsp3) is 0.688. The average Bonchev–Trinajstić information content (AvgIpc) is 3.03. The summed E-state index contributed by atoms with van der Waals surface area (Å²) >= 11 is 0. The summed E-state index contributed by atoms with van der Waals surface area (Å²) in [4.78, 5) is 6.91. The lowest BCUT2D eigenvalue weighted by Gasteiger charge is -2.36. The van der Waals surface area contributed by atoms with Gasteiger partial charge in [0.1, 0.15) is 0 Å². The summed E-state index contributed by atoms with van der Waals surface area (Å²) in [5, 5.41) is 3.65. The summed E-state index contributed by atoms with van der Waals surface area (Å²) in [5.74, 6) is 2.78. The molecule has 110 valence electrons. The summed E-state index contributed by atoms with van der Waals surface area (Å²) in [5.41, 5.74) is 0. The number of piperidine rings is 1. The number of ether oxygens (including phenoxy) is 1. The summed E-state index contributed by atoms with van der Waals surface area (Å²) in [7, 11) is 0. The maximum Gasteiger partial charge on any atom is 0.171 e. The first-order valence-corrected chi connectivity index (χ1v) is 7.94. The molecule has 2 fully saturated rings. The third-order valence-electron chi connectivity index (χ3n) is 4.56. The number of nitrogens with zero attached hydrogens (tertiary/aromatic N) is 2. The normalized spacial score (nSPS) is 24.1. The van der Waals surface area contributed by atoms with Crippen molar-refractivity contribution < 1.29 is 4.74 Å². The second-order valence-corrected chi connectivity index (χ2v) is 5.79. The van der Waals surface area contributed by atoms with E-state index in [2.05, 4.69) is 15.2 Å². The Morgan fingerprint density at radius 2 is 2.20 bits per heavy atom. The minimum Gasteiger partial charge on any atom is -0.490 e. The number of pyridine rings is 1. The first-order valence-electron chi connectivity index (χ1n) is 7.94. The van der Waals surface area contributed by atoms with Gasteiger partial charge in [-0.1, -0.05) is 0 Å². The standard InChI is InChI=1S/C16H25N3O/c1-2-20-15-6-4-10-18-16(15)19-11-7-13(8-12-19)14-5-3-9-17-14/h4,6,10,13-14,17H,2-3,5,7-9,11-12H2,1H3. The van der Waals surface area contributed by atoms with Crippen LogP contribution in [0, 0.1) is 5.92 Å². The molecule has 0 aromatic carbocycles. The fourth-order valence-corrected chi connectivity index (χ4v) is 3.52. The van der Waals surface area contributed by atoms with E-state index in [4.69, 9.17) is 4.74 Å². The first kappa shape index (κ1) is 13.7. The highest BCUT2D eigenvalue weighted by atomic mass is 16.5. The smallest absolute Gasteiger partial charge is 0.171 e. The van der Waals surface area contributed by atoms with E-state index < -0.39 is 0 Å². The zero-order chi connectivity index (χ0) is 13.8. The number of aromatic nitrogens is 1. The SMILES string of the molecule is CCOc1cccnc1N1CCC(C2CCCN2)CC1. The van der Waals surface area contributed by atoms with E-state index in [9.17, 15) is 0 Å². The molecule has 1 N–H and O–H groups in total. The second-order valence-electron chi connectivity index (χ2n) is 5.79. The molecule has 2 aliphatic heterocycles. The molecule has 1 aromatic heterocycles.